The van der Waals surface area contributed by atoms with Gasteiger partial charge >= 0.3 is 0 Å². The van der Waals surface area contributed by atoms with E-state index in [2.05, 4.69) is 13.8 Å². The fourth-order valence-electron chi connectivity index (χ4n) is 5.22. The molecule has 0 N–H and O–H groups in total. The first-order valence-corrected chi connectivity index (χ1v) is 11.4. The predicted octanol–water partition coefficient (Wildman–Crippen LogP) is 7.53. The highest BCUT2D eigenvalue weighted by Gasteiger charge is 2.30. The van der Waals surface area contributed by atoms with Gasteiger partial charge in [-0.05, 0) is 62.7 Å². The lowest BCUT2D eigenvalue weighted by atomic mass is 9.70. The number of ether oxygens (including phenoxy) is 1. The lowest BCUT2D eigenvalue weighted by Crippen LogP contribution is -2.28. The molecule has 0 radical (unpaired) electrons. The maximum Gasteiger partial charge on any atom is 0.0575 e. The molecule has 0 aromatic carbocycles. The molecule has 0 saturated heterocycles. The van der Waals surface area contributed by atoms with E-state index in [-0.39, 0.29) is 0 Å². The van der Waals surface area contributed by atoms with Gasteiger partial charge in [0.25, 0.3) is 0 Å². The summed E-state index contributed by atoms with van der Waals surface area (Å²) in [5.41, 5.74) is 0. The van der Waals surface area contributed by atoms with Crippen molar-refractivity contribution >= 4 is 0 Å². The van der Waals surface area contributed by atoms with Gasteiger partial charge in [0.2, 0.25) is 0 Å². The van der Waals surface area contributed by atoms with Crippen LogP contribution in [0.4, 0.5) is 0 Å². The fourth-order valence-corrected chi connectivity index (χ4v) is 5.22. The molecule has 24 heavy (non-hydrogen) atoms. The maximum absolute atomic E-state index is 6.17. The third-order valence-corrected chi connectivity index (χ3v) is 6.83. The Morgan fingerprint density at radius 1 is 0.625 bits per heavy atom. The normalized spacial score (nSPS) is 31.2. The Morgan fingerprint density at radius 2 is 1.21 bits per heavy atom. The van der Waals surface area contributed by atoms with E-state index in [0.717, 1.165) is 24.4 Å². The molecule has 0 heterocycles. The third-order valence-electron chi connectivity index (χ3n) is 6.83. The van der Waals surface area contributed by atoms with Gasteiger partial charge in [0, 0.05) is 6.61 Å². The average molecular weight is 337 g/mol. The van der Waals surface area contributed by atoms with Gasteiger partial charge in [-0.2, -0.15) is 0 Å². The van der Waals surface area contributed by atoms with Crippen molar-refractivity contribution in [2.24, 2.45) is 17.8 Å². The Hall–Kier alpha value is -0.0400. The molecule has 0 atom stereocenters. The Balaban J connectivity index is 1.49. The second-order valence-electron chi connectivity index (χ2n) is 8.74. The molecule has 0 aliphatic heterocycles. The van der Waals surface area contributed by atoms with Crippen LogP contribution in [-0.2, 0) is 4.74 Å². The van der Waals surface area contributed by atoms with Crippen LogP contribution in [0.2, 0.25) is 0 Å². The summed E-state index contributed by atoms with van der Waals surface area (Å²) in [6, 6.07) is 0. The topological polar surface area (TPSA) is 9.23 Å². The molecule has 2 aliphatic rings. The van der Waals surface area contributed by atoms with E-state index in [4.69, 9.17) is 4.74 Å². The zero-order chi connectivity index (χ0) is 17.0. The minimum Gasteiger partial charge on any atom is -0.378 e. The molecule has 0 spiro atoms. The molecule has 0 aromatic heterocycles. The van der Waals surface area contributed by atoms with Crippen LogP contribution < -0.4 is 0 Å². The largest absolute Gasteiger partial charge is 0.378 e. The van der Waals surface area contributed by atoms with Crippen LogP contribution in [0.1, 0.15) is 117 Å². The van der Waals surface area contributed by atoms with E-state index in [1.165, 1.54) is 103 Å². The number of rotatable bonds is 11. The molecule has 1 nitrogen and oxygen atoms in total. The molecule has 0 amide bonds. The minimum atomic E-state index is 0.591. The number of unbranched alkanes of at least 4 members (excludes halogenated alkanes) is 5. The lowest BCUT2D eigenvalue weighted by Gasteiger charge is -2.37. The summed E-state index contributed by atoms with van der Waals surface area (Å²) in [5.74, 6) is 3.14. The molecule has 2 aliphatic carbocycles. The van der Waals surface area contributed by atoms with Crippen LogP contribution in [-0.4, -0.2) is 12.7 Å². The van der Waals surface area contributed by atoms with Crippen molar-refractivity contribution < 1.29 is 4.74 Å². The standard InChI is InChI=1S/C23H44O/c1-3-5-6-7-8-9-19-24-23-17-15-22(16-18-23)21-13-11-20(10-4-2)12-14-21/h20-23H,3-19H2,1-2H3. The molecular weight excluding hydrogens is 292 g/mol. The SMILES string of the molecule is CCCCCCCCOC1CCC(C2CCC(CCC)CC2)CC1. The zero-order valence-electron chi connectivity index (χ0n) is 16.7. The van der Waals surface area contributed by atoms with Crippen molar-refractivity contribution in [1.29, 1.82) is 0 Å². The summed E-state index contributed by atoms with van der Waals surface area (Å²) in [6.45, 7) is 5.65. The van der Waals surface area contributed by atoms with Gasteiger partial charge in [0.05, 0.1) is 6.10 Å². The van der Waals surface area contributed by atoms with E-state index in [0.29, 0.717) is 6.10 Å². The summed E-state index contributed by atoms with van der Waals surface area (Å²) >= 11 is 0. The summed E-state index contributed by atoms with van der Waals surface area (Å²) in [4.78, 5) is 0. The van der Waals surface area contributed by atoms with Crippen LogP contribution >= 0.6 is 0 Å². The molecular formula is C23H44O. The Kier molecular flexibility index (Phi) is 10.4. The molecule has 2 fully saturated rings. The Labute approximate surface area is 152 Å². The molecule has 2 rings (SSSR count). The Bertz CT molecular complexity index is 284. The van der Waals surface area contributed by atoms with Gasteiger partial charge in [0.15, 0.2) is 0 Å². The van der Waals surface area contributed by atoms with E-state index in [9.17, 15) is 0 Å². The van der Waals surface area contributed by atoms with E-state index in [1.54, 1.807) is 0 Å². The molecule has 2 saturated carbocycles. The highest BCUT2D eigenvalue weighted by molar-refractivity contribution is 4.82. The van der Waals surface area contributed by atoms with Gasteiger partial charge in [-0.25, -0.2) is 0 Å². The molecule has 0 aromatic rings. The number of hydrogen-bond donors (Lipinski definition) is 0. The van der Waals surface area contributed by atoms with Crippen molar-refractivity contribution in [3.05, 3.63) is 0 Å². The average Bonchev–Trinajstić information content (AvgIpc) is 2.62. The van der Waals surface area contributed by atoms with E-state index >= 15 is 0 Å². The van der Waals surface area contributed by atoms with Crippen molar-refractivity contribution in [1.82, 2.24) is 0 Å². The van der Waals surface area contributed by atoms with Crippen LogP contribution in [0.25, 0.3) is 0 Å². The first kappa shape index (κ1) is 20.3. The monoisotopic (exact) mass is 336 g/mol. The molecule has 0 bridgehead atoms. The fraction of sp³-hybridized carbons (Fsp3) is 1.00. The first-order valence-electron chi connectivity index (χ1n) is 11.4. The van der Waals surface area contributed by atoms with Crippen molar-refractivity contribution in [2.75, 3.05) is 6.61 Å². The van der Waals surface area contributed by atoms with Crippen molar-refractivity contribution in [2.45, 2.75) is 123 Å². The number of hydrogen-bond acceptors (Lipinski definition) is 1. The Morgan fingerprint density at radius 3 is 1.83 bits per heavy atom. The second-order valence-corrected chi connectivity index (χ2v) is 8.74. The maximum atomic E-state index is 6.17. The van der Waals surface area contributed by atoms with Crippen LogP contribution in [0, 0.1) is 17.8 Å². The van der Waals surface area contributed by atoms with E-state index < -0.39 is 0 Å². The van der Waals surface area contributed by atoms with Gasteiger partial charge < -0.3 is 4.74 Å². The van der Waals surface area contributed by atoms with E-state index in [1.807, 2.05) is 0 Å². The predicted molar refractivity (Wildman–Crippen MR) is 105 cm³/mol. The lowest BCUT2D eigenvalue weighted by molar-refractivity contribution is 0.00529. The van der Waals surface area contributed by atoms with Crippen molar-refractivity contribution in [3.8, 4) is 0 Å². The smallest absolute Gasteiger partial charge is 0.0575 e. The van der Waals surface area contributed by atoms with Crippen LogP contribution in [0.3, 0.4) is 0 Å². The highest BCUT2D eigenvalue weighted by atomic mass is 16.5. The van der Waals surface area contributed by atoms with Crippen molar-refractivity contribution in [3.63, 3.8) is 0 Å². The van der Waals surface area contributed by atoms with Crippen LogP contribution in [0.15, 0.2) is 0 Å². The quantitative estimate of drug-likeness (QED) is 0.354. The second kappa shape index (κ2) is 12.3. The summed E-state index contributed by atoms with van der Waals surface area (Å²) in [7, 11) is 0. The highest BCUT2D eigenvalue weighted by Crippen LogP contribution is 2.41. The van der Waals surface area contributed by atoms with Gasteiger partial charge in [0.1, 0.15) is 0 Å². The van der Waals surface area contributed by atoms with Gasteiger partial charge in [-0.1, -0.05) is 71.6 Å². The summed E-state index contributed by atoms with van der Waals surface area (Å²) < 4.78 is 6.17. The summed E-state index contributed by atoms with van der Waals surface area (Å²) in [6.07, 6.45) is 23.4. The molecule has 142 valence electrons. The molecule has 0 unspecified atom stereocenters. The minimum absolute atomic E-state index is 0.591. The van der Waals surface area contributed by atoms with Gasteiger partial charge in [-0.15, -0.1) is 0 Å². The van der Waals surface area contributed by atoms with Gasteiger partial charge in [-0.3, -0.25) is 0 Å². The van der Waals surface area contributed by atoms with Crippen LogP contribution in [0.5, 0.6) is 0 Å². The zero-order valence-corrected chi connectivity index (χ0v) is 16.7. The molecule has 1 heteroatoms. The summed E-state index contributed by atoms with van der Waals surface area (Å²) in [5, 5.41) is 0. The third kappa shape index (κ3) is 7.46. The first-order chi connectivity index (χ1) is 11.8.